The largest absolute Gasteiger partial charge is 0.414 e. The van der Waals surface area contributed by atoms with Crippen molar-refractivity contribution >= 4 is 29.5 Å². The molecule has 1 aromatic carbocycles. The summed E-state index contributed by atoms with van der Waals surface area (Å²) in [7, 11) is 6.08. The summed E-state index contributed by atoms with van der Waals surface area (Å²) < 4.78 is 26.6. The Morgan fingerprint density at radius 1 is 1.27 bits per heavy atom. The van der Waals surface area contributed by atoms with Gasteiger partial charge in [0, 0.05) is 59.7 Å². The van der Waals surface area contributed by atoms with Gasteiger partial charge in [0.15, 0.2) is 5.69 Å². The lowest BCUT2D eigenvalue weighted by atomic mass is 9.67. The van der Waals surface area contributed by atoms with Gasteiger partial charge >= 0.3 is 6.09 Å². The number of fused-ring (bicyclic) bond motifs is 2. The standard InChI is InChI=1S/C25H28ClFN4O6/c1-29(2)24(35)37-21-19-23(34)30(3)13-25(8-14(9-25)12-36-4)31(19)11-16(20(21)32)22(33)28-10-15-6-5-7-17(26)18(15)27/h5-7,11,14H,8-10,12-13H2,1-4H3,(H,28,33)/t14-,25+. The summed E-state index contributed by atoms with van der Waals surface area (Å²) in [4.78, 5) is 54.9. The number of benzene rings is 1. The van der Waals surface area contributed by atoms with Crippen molar-refractivity contribution in [1.82, 2.24) is 19.7 Å². The molecule has 1 aromatic heterocycles. The molecule has 1 spiro atoms. The van der Waals surface area contributed by atoms with E-state index in [0.29, 0.717) is 26.0 Å². The van der Waals surface area contributed by atoms with Crippen LogP contribution in [0.25, 0.3) is 0 Å². The summed E-state index contributed by atoms with van der Waals surface area (Å²) >= 11 is 5.82. The number of carbonyl (C=O) groups is 3. The lowest BCUT2D eigenvalue weighted by molar-refractivity contribution is -0.0189. The van der Waals surface area contributed by atoms with Gasteiger partial charge in [0.05, 0.1) is 10.6 Å². The number of pyridine rings is 1. The Kier molecular flexibility index (Phi) is 7.29. The summed E-state index contributed by atoms with van der Waals surface area (Å²) in [6.45, 7) is 0.635. The third kappa shape index (κ3) is 4.80. The second kappa shape index (κ2) is 10.1. The first-order valence-electron chi connectivity index (χ1n) is 11.6. The molecule has 0 bridgehead atoms. The molecule has 1 N–H and O–H groups in total. The van der Waals surface area contributed by atoms with Crippen LogP contribution in [-0.2, 0) is 16.8 Å². The van der Waals surface area contributed by atoms with Crippen LogP contribution in [-0.4, -0.2) is 73.7 Å². The van der Waals surface area contributed by atoms with Gasteiger partial charge in [-0.15, -0.1) is 0 Å². The maximum Gasteiger partial charge on any atom is 0.414 e. The van der Waals surface area contributed by atoms with Crippen molar-refractivity contribution in [1.29, 1.82) is 0 Å². The molecule has 0 atom stereocenters. The molecule has 2 aliphatic rings. The van der Waals surface area contributed by atoms with E-state index in [4.69, 9.17) is 21.1 Å². The smallest absolute Gasteiger partial charge is 0.403 e. The Morgan fingerprint density at radius 3 is 2.62 bits per heavy atom. The number of aromatic nitrogens is 1. The van der Waals surface area contributed by atoms with Crippen molar-refractivity contribution in [2.24, 2.45) is 5.92 Å². The first-order valence-corrected chi connectivity index (χ1v) is 12.0. The molecular weight excluding hydrogens is 507 g/mol. The van der Waals surface area contributed by atoms with E-state index >= 15 is 0 Å². The lowest BCUT2D eigenvalue weighted by Crippen LogP contribution is -2.60. The van der Waals surface area contributed by atoms with Crippen molar-refractivity contribution in [3.63, 3.8) is 0 Å². The minimum Gasteiger partial charge on any atom is -0.403 e. The van der Waals surface area contributed by atoms with E-state index in [0.717, 1.165) is 4.90 Å². The van der Waals surface area contributed by atoms with Gasteiger partial charge in [-0.1, -0.05) is 23.7 Å². The maximum atomic E-state index is 14.3. The minimum atomic E-state index is -0.919. The number of hydrogen-bond acceptors (Lipinski definition) is 6. The summed E-state index contributed by atoms with van der Waals surface area (Å²) in [5.74, 6) is -2.30. The fourth-order valence-electron chi connectivity index (χ4n) is 5.02. The zero-order chi connectivity index (χ0) is 27.1. The number of likely N-dealkylation sites (N-methyl/N-ethyl adjacent to an activating group) is 1. The molecule has 12 heteroatoms. The zero-order valence-electron chi connectivity index (χ0n) is 21.0. The molecular formula is C25H28ClFN4O6. The molecule has 10 nitrogen and oxygen atoms in total. The second-order valence-corrected chi connectivity index (χ2v) is 10.1. The highest BCUT2D eigenvalue weighted by Crippen LogP contribution is 2.48. The molecule has 3 amide bonds. The third-order valence-corrected chi connectivity index (χ3v) is 7.06. The van der Waals surface area contributed by atoms with E-state index < -0.39 is 40.4 Å². The van der Waals surface area contributed by atoms with E-state index in [-0.39, 0.29) is 34.3 Å². The topological polar surface area (TPSA) is 110 Å². The Morgan fingerprint density at radius 2 is 1.97 bits per heavy atom. The second-order valence-electron chi connectivity index (χ2n) is 9.69. The molecule has 2 heterocycles. The van der Waals surface area contributed by atoms with Gasteiger partial charge in [-0.2, -0.15) is 0 Å². The normalized spacial score (nSPS) is 20.3. The number of nitrogens with one attached hydrogen (secondary N) is 1. The maximum absolute atomic E-state index is 14.3. The van der Waals surface area contributed by atoms with Crippen LogP contribution in [0, 0.1) is 11.7 Å². The van der Waals surface area contributed by atoms with Gasteiger partial charge in [0.2, 0.25) is 11.2 Å². The van der Waals surface area contributed by atoms with E-state index in [1.54, 1.807) is 24.8 Å². The SMILES string of the molecule is COC[C@H]1C[C@]2(CN(C)C(=O)c3c(OC(=O)N(C)C)c(=O)c(C(=O)NCc4cccc(Cl)c4F)cn32)C1. The molecule has 1 saturated carbocycles. The first-order chi connectivity index (χ1) is 17.5. The summed E-state index contributed by atoms with van der Waals surface area (Å²) in [6.07, 6.45) is 1.72. The average Bonchev–Trinajstić information content (AvgIpc) is 2.83. The van der Waals surface area contributed by atoms with E-state index in [2.05, 4.69) is 5.32 Å². The number of nitrogens with zero attached hydrogens (tertiary/aromatic N) is 3. The number of amides is 3. The van der Waals surface area contributed by atoms with Crippen molar-refractivity contribution in [3.05, 3.63) is 62.3 Å². The van der Waals surface area contributed by atoms with Crippen LogP contribution in [0.5, 0.6) is 5.75 Å². The van der Waals surface area contributed by atoms with Crippen molar-refractivity contribution in [2.75, 3.05) is 41.4 Å². The van der Waals surface area contributed by atoms with Gasteiger partial charge in [-0.3, -0.25) is 14.4 Å². The first kappa shape index (κ1) is 26.6. The molecule has 0 radical (unpaired) electrons. The minimum absolute atomic E-state index is 0.0951. The highest BCUT2D eigenvalue weighted by molar-refractivity contribution is 6.30. The highest BCUT2D eigenvalue weighted by atomic mass is 35.5. The van der Waals surface area contributed by atoms with Crippen molar-refractivity contribution in [2.45, 2.75) is 24.9 Å². The summed E-state index contributed by atoms with van der Waals surface area (Å²) in [5, 5.41) is 2.43. The van der Waals surface area contributed by atoms with Gasteiger partial charge in [-0.05, 0) is 24.8 Å². The van der Waals surface area contributed by atoms with Crippen LogP contribution in [0.2, 0.25) is 5.02 Å². The molecule has 1 fully saturated rings. The number of halogens is 2. The number of carbonyl (C=O) groups excluding carboxylic acids is 3. The Balaban J connectivity index is 1.79. The predicted octanol–water partition coefficient (Wildman–Crippen LogP) is 2.47. The lowest BCUT2D eigenvalue weighted by Gasteiger charge is -2.54. The van der Waals surface area contributed by atoms with Crippen molar-refractivity contribution in [3.8, 4) is 5.75 Å². The van der Waals surface area contributed by atoms with Gasteiger partial charge in [-0.25, -0.2) is 9.18 Å². The van der Waals surface area contributed by atoms with Crippen molar-refractivity contribution < 1.29 is 28.2 Å². The van der Waals surface area contributed by atoms with E-state index in [1.807, 2.05) is 0 Å². The highest BCUT2D eigenvalue weighted by Gasteiger charge is 2.52. The molecule has 0 unspecified atom stereocenters. The van der Waals surface area contributed by atoms with Gasteiger partial charge in [0.25, 0.3) is 11.8 Å². The van der Waals surface area contributed by atoms with Crippen LogP contribution >= 0.6 is 11.6 Å². The van der Waals surface area contributed by atoms with Crippen LogP contribution < -0.4 is 15.5 Å². The van der Waals surface area contributed by atoms with Gasteiger partial charge < -0.3 is 29.2 Å². The van der Waals surface area contributed by atoms with E-state index in [9.17, 15) is 23.6 Å². The molecule has 1 aliphatic carbocycles. The van der Waals surface area contributed by atoms with Crippen LogP contribution in [0.3, 0.4) is 0 Å². The Hall–Kier alpha value is -3.44. The Bertz CT molecular complexity index is 1320. The quantitative estimate of drug-likeness (QED) is 0.609. The number of methoxy groups -OCH3 is 1. The number of rotatable bonds is 6. The monoisotopic (exact) mass is 534 g/mol. The van der Waals surface area contributed by atoms with Crippen LogP contribution in [0.15, 0.2) is 29.2 Å². The Labute approximate surface area is 217 Å². The number of ether oxygens (including phenoxy) is 2. The fraction of sp³-hybridized carbons (Fsp3) is 0.440. The number of hydrogen-bond donors (Lipinski definition) is 1. The van der Waals surface area contributed by atoms with Crippen LogP contribution in [0.1, 0.15) is 39.3 Å². The molecule has 37 heavy (non-hydrogen) atoms. The fourth-order valence-corrected chi connectivity index (χ4v) is 5.22. The molecule has 4 rings (SSSR count). The predicted molar refractivity (Wildman–Crippen MR) is 133 cm³/mol. The zero-order valence-corrected chi connectivity index (χ0v) is 21.7. The average molecular weight is 535 g/mol. The molecule has 1 aliphatic heterocycles. The summed E-state index contributed by atoms with van der Waals surface area (Å²) in [6, 6.07) is 4.38. The molecule has 0 saturated heterocycles. The third-order valence-electron chi connectivity index (χ3n) is 6.77. The molecule has 2 aromatic rings. The molecule has 198 valence electrons. The van der Waals surface area contributed by atoms with E-state index in [1.165, 1.54) is 37.3 Å². The summed E-state index contributed by atoms with van der Waals surface area (Å²) in [5.41, 5.74) is -1.82. The van der Waals surface area contributed by atoms with Crippen LogP contribution in [0.4, 0.5) is 9.18 Å². The van der Waals surface area contributed by atoms with Gasteiger partial charge in [0.1, 0.15) is 11.4 Å².